The van der Waals surface area contributed by atoms with Crippen LogP contribution in [0.1, 0.15) is 20.8 Å². The van der Waals surface area contributed by atoms with Crippen LogP contribution >= 0.6 is 0 Å². The molecular weight excluding hydrogens is 200 g/mol. The first-order valence-electron chi connectivity index (χ1n) is 4.45. The maximum atomic E-state index is 11.2. The molecule has 0 aromatic rings. The Morgan fingerprint density at radius 3 is 2.33 bits per heavy atom. The van der Waals surface area contributed by atoms with Gasteiger partial charge < -0.3 is 14.9 Å². The van der Waals surface area contributed by atoms with Gasteiger partial charge in [-0.25, -0.2) is 4.79 Å². The smallest absolute Gasteiger partial charge is 0.332 e. The molecule has 0 saturated heterocycles. The number of hydrogen-bond acceptors (Lipinski definition) is 5. The van der Waals surface area contributed by atoms with Crippen LogP contribution in [0.3, 0.4) is 0 Å². The zero-order chi connectivity index (χ0) is 11.8. The zero-order valence-electron chi connectivity index (χ0n) is 9.36. The molecule has 0 aromatic carbocycles. The lowest BCUT2D eigenvalue weighted by Gasteiger charge is -2.13. The number of ether oxygens (including phenoxy) is 1. The molecule has 0 rings (SSSR count). The van der Waals surface area contributed by atoms with Gasteiger partial charge in [0, 0.05) is 6.92 Å². The molecular formula is C9H16N2O4. The van der Waals surface area contributed by atoms with Crippen molar-refractivity contribution in [2.45, 2.75) is 26.8 Å². The van der Waals surface area contributed by atoms with E-state index < -0.39 is 12.0 Å². The second-order valence-corrected chi connectivity index (χ2v) is 3.11. The molecule has 0 saturated carbocycles. The van der Waals surface area contributed by atoms with Crippen molar-refractivity contribution in [2.75, 3.05) is 13.7 Å². The van der Waals surface area contributed by atoms with Crippen LogP contribution in [0.15, 0.2) is 5.16 Å². The first kappa shape index (κ1) is 13.4. The van der Waals surface area contributed by atoms with E-state index in [0.717, 1.165) is 5.71 Å². The molecule has 6 heteroatoms. The van der Waals surface area contributed by atoms with Gasteiger partial charge in [-0.1, -0.05) is 5.16 Å². The zero-order valence-corrected chi connectivity index (χ0v) is 9.36. The monoisotopic (exact) mass is 216 g/mol. The number of rotatable bonds is 5. The van der Waals surface area contributed by atoms with Gasteiger partial charge in [0.15, 0.2) is 6.04 Å². The molecule has 0 aliphatic heterocycles. The molecule has 1 amide bonds. The molecule has 0 fully saturated rings. The van der Waals surface area contributed by atoms with Crippen molar-refractivity contribution < 1.29 is 19.2 Å². The van der Waals surface area contributed by atoms with E-state index in [0.29, 0.717) is 0 Å². The molecule has 1 N–H and O–H groups in total. The molecule has 0 radical (unpaired) electrons. The van der Waals surface area contributed by atoms with Gasteiger partial charge in [-0.15, -0.1) is 0 Å². The van der Waals surface area contributed by atoms with Crippen molar-refractivity contribution >= 4 is 17.6 Å². The van der Waals surface area contributed by atoms with E-state index in [4.69, 9.17) is 4.84 Å². The van der Waals surface area contributed by atoms with Crippen molar-refractivity contribution in [1.82, 2.24) is 5.32 Å². The van der Waals surface area contributed by atoms with E-state index in [2.05, 4.69) is 15.2 Å². The van der Waals surface area contributed by atoms with Crippen LogP contribution in [0.2, 0.25) is 0 Å². The summed E-state index contributed by atoms with van der Waals surface area (Å²) in [5.74, 6) is -0.889. The predicted molar refractivity (Wildman–Crippen MR) is 54.4 cm³/mol. The minimum atomic E-state index is -0.824. The van der Waals surface area contributed by atoms with Crippen molar-refractivity contribution in [3.63, 3.8) is 0 Å². The number of oxime groups is 1. The SMILES string of the molecule is COC(=O)C(CON=C(C)C)NC(C)=O. The second-order valence-electron chi connectivity index (χ2n) is 3.11. The molecule has 86 valence electrons. The summed E-state index contributed by atoms with van der Waals surface area (Å²) in [5.41, 5.74) is 0.724. The summed E-state index contributed by atoms with van der Waals surface area (Å²) in [6, 6.07) is -0.824. The highest BCUT2D eigenvalue weighted by Gasteiger charge is 2.20. The highest BCUT2D eigenvalue weighted by molar-refractivity contribution is 5.83. The topological polar surface area (TPSA) is 77.0 Å². The van der Waals surface area contributed by atoms with Gasteiger partial charge in [0.05, 0.1) is 12.8 Å². The molecule has 0 spiro atoms. The minimum absolute atomic E-state index is 0.0442. The summed E-state index contributed by atoms with van der Waals surface area (Å²) >= 11 is 0. The summed E-state index contributed by atoms with van der Waals surface area (Å²) < 4.78 is 4.49. The Bertz CT molecular complexity index is 259. The number of methoxy groups -OCH3 is 1. The minimum Gasteiger partial charge on any atom is -0.467 e. The third-order valence-electron chi connectivity index (χ3n) is 1.35. The highest BCUT2D eigenvalue weighted by atomic mass is 16.6. The third kappa shape index (κ3) is 6.48. The molecule has 1 unspecified atom stereocenters. The summed E-state index contributed by atoms with van der Waals surface area (Å²) in [4.78, 5) is 26.8. The molecule has 1 atom stereocenters. The van der Waals surface area contributed by atoms with Gasteiger partial charge in [-0.3, -0.25) is 4.79 Å². The average molecular weight is 216 g/mol. The van der Waals surface area contributed by atoms with Crippen LogP contribution in [0.25, 0.3) is 0 Å². The van der Waals surface area contributed by atoms with Crippen molar-refractivity contribution in [2.24, 2.45) is 5.16 Å². The fourth-order valence-electron chi connectivity index (χ4n) is 0.797. The fraction of sp³-hybridized carbons (Fsp3) is 0.667. The van der Waals surface area contributed by atoms with Crippen molar-refractivity contribution in [3.05, 3.63) is 0 Å². The number of hydrogen-bond donors (Lipinski definition) is 1. The van der Waals surface area contributed by atoms with E-state index in [1.165, 1.54) is 14.0 Å². The lowest BCUT2D eigenvalue weighted by atomic mass is 10.3. The quantitative estimate of drug-likeness (QED) is 0.401. The Morgan fingerprint density at radius 2 is 1.93 bits per heavy atom. The molecule has 0 aliphatic carbocycles. The second kappa shape index (κ2) is 6.80. The van der Waals surface area contributed by atoms with E-state index >= 15 is 0 Å². The molecule has 6 nitrogen and oxygen atoms in total. The predicted octanol–water partition coefficient (Wildman–Crippen LogP) is 0.0765. The van der Waals surface area contributed by atoms with Crippen LogP contribution < -0.4 is 5.32 Å². The Balaban J connectivity index is 4.19. The van der Waals surface area contributed by atoms with Crippen molar-refractivity contribution in [1.29, 1.82) is 0 Å². The Kier molecular flexibility index (Phi) is 6.08. The van der Waals surface area contributed by atoms with Gasteiger partial charge >= 0.3 is 5.97 Å². The normalized spacial score (nSPS) is 11.2. The number of nitrogens with zero attached hydrogens (tertiary/aromatic N) is 1. The first-order chi connectivity index (χ1) is 6.97. The van der Waals surface area contributed by atoms with E-state index in [-0.39, 0.29) is 12.5 Å². The summed E-state index contributed by atoms with van der Waals surface area (Å²) in [7, 11) is 1.24. The van der Waals surface area contributed by atoms with Crippen LogP contribution in [-0.2, 0) is 19.2 Å². The van der Waals surface area contributed by atoms with Crippen molar-refractivity contribution in [3.8, 4) is 0 Å². The Labute approximate surface area is 88.6 Å². The number of nitrogens with one attached hydrogen (secondary N) is 1. The molecule has 0 aliphatic rings. The summed E-state index contributed by atoms with van der Waals surface area (Å²) in [6.45, 7) is 4.78. The molecule has 0 aromatic heterocycles. The number of amides is 1. The first-order valence-corrected chi connectivity index (χ1v) is 4.45. The molecule has 15 heavy (non-hydrogen) atoms. The molecule has 0 heterocycles. The Morgan fingerprint density at radius 1 is 1.33 bits per heavy atom. The fourth-order valence-corrected chi connectivity index (χ4v) is 0.797. The van der Waals surface area contributed by atoms with E-state index in [1.54, 1.807) is 13.8 Å². The number of carbonyl (C=O) groups excluding carboxylic acids is 2. The van der Waals surface area contributed by atoms with Gasteiger partial charge in [0.1, 0.15) is 6.61 Å². The molecule has 0 bridgehead atoms. The van der Waals surface area contributed by atoms with Gasteiger partial charge in [0.2, 0.25) is 5.91 Å². The van der Waals surface area contributed by atoms with Gasteiger partial charge in [-0.2, -0.15) is 0 Å². The largest absolute Gasteiger partial charge is 0.467 e. The standard InChI is InChI=1S/C9H16N2O4/c1-6(2)11-15-5-8(9(13)14-4)10-7(3)12/h8H,5H2,1-4H3,(H,10,12). The van der Waals surface area contributed by atoms with Crippen LogP contribution in [0.5, 0.6) is 0 Å². The lowest BCUT2D eigenvalue weighted by molar-refractivity contribution is -0.146. The maximum Gasteiger partial charge on any atom is 0.332 e. The third-order valence-corrected chi connectivity index (χ3v) is 1.35. The van der Waals surface area contributed by atoms with Crippen LogP contribution in [0.4, 0.5) is 0 Å². The summed E-state index contributed by atoms with van der Waals surface area (Å²) in [5, 5.41) is 6.04. The average Bonchev–Trinajstić information content (AvgIpc) is 2.14. The summed E-state index contributed by atoms with van der Waals surface area (Å²) in [6.07, 6.45) is 0. The van der Waals surface area contributed by atoms with Crippen LogP contribution in [-0.4, -0.2) is 37.3 Å². The highest BCUT2D eigenvalue weighted by Crippen LogP contribution is 1.91. The number of carbonyl (C=O) groups is 2. The van der Waals surface area contributed by atoms with E-state index in [9.17, 15) is 9.59 Å². The Hall–Kier alpha value is -1.59. The van der Waals surface area contributed by atoms with Crippen LogP contribution in [0, 0.1) is 0 Å². The number of esters is 1. The lowest BCUT2D eigenvalue weighted by Crippen LogP contribution is -2.43. The maximum absolute atomic E-state index is 11.2. The van der Waals surface area contributed by atoms with Gasteiger partial charge in [0.25, 0.3) is 0 Å². The van der Waals surface area contributed by atoms with Gasteiger partial charge in [-0.05, 0) is 13.8 Å². The van der Waals surface area contributed by atoms with E-state index in [1.807, 2.05) is 0 Å².